The Morgan fingerprint density at radius 1 is 1.41 bits per heavy atom. The predicted octanol–water partition coefficient (Wildman–Crippen LogP) is 3.37. The number of benzene rings is 1. The van der Waals surface area contributed by atoms with E-state index >= 15 is 0 Å². The van der Waals surface area contributed by atoms with Crippen molar-refractivity contribution >= 4 is 33.6 Å². The molecule has 4 rings (SSSR count). The van der Waals surface area contributed by atoms with Crippen LogP contribution in [0.4, 0.5) is 0 Å². The Hall–Kier alpha value is -1.74. The summed E-state index contributed by atoms with van der Waals surface area (Å²) in [4.78, 5) is 12.4. The number of nitrogens with two attached hydrogens (primary N) is 1. The summed E-state index contributed by atoms with van der Waals surface area (Å²) in [5, 5.41) is 11.8. The standard InChI is InChI=1S/C20H26BrN5O2S/c1-12(17-8-13-5-6-14(17)7-13)23-19(27)11-29-20-25-24-18(26(20)22)10-28-16-4-2-3-15(21)9-16/h2-4,9,12-14,17H,5-8,10-11,22H2,1H3,(H,23,27)/t12-,13+,14+,17-/m1/s1. The maximum absolute atomic E-state index is 12.4. The van der Waals surface area contributed by atoms with Crippen molar-refractivity contribution in [2.75, 3.05) is 11.6 Å². The highest BCUT2D eigenvalue weighted by Gasteiger charge is 2.42. The lowest BCUT2D eigenvalue weighted by Crippen LogP contribution is -2.41. The van der Waals surface area contributed by atoms with E-state index in [1.165, 1.54) is 42.1 Å². The first kappa shape index (κ1) is 20.5. The molecule has 0 radical (unpaired) electrons. The number of halogens is 1. The fraction of sp³-hybridized carbons (Fsp3) is 0.550. The van der Waals surface area contributed by atoms with E-state index in [2.05, 4.69) is 38.4 Å². The Labute approximate surface area is 183 Å². The van der Waals surface area contributed by atoms with Gasteiger partial charge in [0.05, 0.1) is 5.75 Å². The molecular weight excluding hydrogens is 454 g/mol. The number of hydrogen-bond acceptors (Lipinski definition) is 6. The zero-order valence-electron chi connectivity index (χ0n) is 16.4. The number of carbonyl (C=O) groups is 1. The lowest BCUT2D eigenvalue weighted by atomic mass is 9.84. The second-order valence-corrected chi connectivity index (χ2v) is 9.86. The third-order valence-electron chi connectivity index (χ3n) is 6.06. The summed E-state index contributed by atoms with van der Waals surface area (Å²) in [6.45, 7) is 2.34. The van der Waals surface area contributed by atoms with Gasteiger partial charge in [-0.15, -0.1) is 10.2 Å². The van der Waals surface area contributed by atoms with Crippen LogP contribution in [-0.2, 0) is 11.4 Å². The van der Waals surface area contributed by atoms with E-state index in [1.807, 2.05) is 24.3 Å². The summed E-state index contributed by atoms with van der Waals surface area (Å²) in [6, 6.07) is 7.78. The van der Waals surface area contributed by atoms with Gasteiger partial charge in [-0.1, -0.05) is 40.2 Å². The zero-order chi connectivity index (χ0) is 20.4. The van der Waals surface area contributed by atoms with Crippen LogP contribution >= 0.6 is 27.7 Å². The van der Waals surface area contributed by atoms with Crippen molar-refractivity contribution in [3.05, 3.63) is 34.6 Å². The fourth-order valence-electron chi connectivity index (χ4n) is 4.65. The molecule has 2 fully saturated rings. The number of nitrogen functional groups attached to an aromatic ring is 1. The average Bonchev–Trinajstić information content (AvgIpc) is 3.41. The number of carbonyl (C=O) groups excluding carboxylic acids is 1. The van der Waals surface area contributed by atoms with Gasteiger partial charge in [0.2, 0.25) is 11.1 Å². The molecule has 1 amide bonds. The van der Waals surface area contributed by atoms with E-state index < -0.39 is 0 Å². The molecule has 1 heterocycles. The number of hydrogen-bond donors (Lipinski definition) is 2. The van der Waals surface area contributed by atoms with Crippen LogP contribution in [0.1, 0.15) is 38.4 Å². The molecule has 0 aliphatic heterocycles. The Bertz CT molecular complexity index is 876. The minimum atomic E-state index is 0.0141. The van der Waals surface area contributed by atoms with E-state index in [0.717, 1.165) is 16.3 Å². The Kier molecular flexibility index (Phi) is 6.34. The SMILES string of the molecule is C[C@@H](NC(=O)CSc1nnc(COc2cccc(Br)c2)n1N)[C@H]1C[C@H]2CC[C@H]1C2. The molecule has 1 aromatic heterocycles. The van der Waals surface area contributed by atoms with Gasteiger partial charge in [0.1, 0.15) is 12.4 Å². The number of ether oxygens (including phenoxy) is 1. The smallest absolute Gasteiger partial charge is 0.230 e. The first-order valence-corrected chi connectivity index (χ1v) is 11.8. The van der Waals surface area contributed by atoms with Crippen molar-refractivity contribution in [1.82, 2.24) is 20.2 Å². The van der Waals surface area contributed by atoms with Crippen molar-refractivity contribution < 1.29 is 9.53 Å². The van der Waals surface area contributed by atoms with Crippen molar-refractivity contribution in [3.63, 3.8) is 0 Å². The highest BCUT2D eigenvalue weighted by Crippen LogP contribution is 2.49. The highest BCUT2D eigenvalue weighted by molar-refractivity contribution is 9.10. The Morgan fingerprint density at radius 2 is 2.28 bits per heavy atom. The lowest BCUT2D eigenvalue weighted by molar-refractivity contribution is -0.119. The number of nitrogens with one attached hydrogen (secondary N) is 1. The molecule has 0 spiro atoms. The van der Waals surface area contributed by atoms with Crippen LogP contribution in [0, 0.1) is 17.8 Å². The molecule has 1 aromatic carbocycles. The van der Waals surface area contributed by atoms with Crippen molar-refractivity contribution in [2.24, 2.45) is 17.8 Å². The Morgan fingerprint density at radius 3 is 3.00 bits per heavy atom. The normalized spacial score (nSPS) is 23.9. The molecule has 156 valence electrons. The summed E-state index contributed by atoms with van der Waals surface area (Å²) in [7, 11) is 0. The first-order chi connectivity index (χ1) is 14.0. The largest absolute Gasteiger partial charge is 0.485 e. The van der Waals surface area contributed by atoms with Gasteiger partial charge < -0.3 is 15.9 Å². The fourth-order valence-corrected chi connectivity index (χ4v) is 5.71. The molecule has 0 unspecified atom stereocenters. The predicted molar refractivity (Wildman–Crippen MR) is 116 cm³/mol. The second kappa shape index (κ2) is 8.95. The van der Waals surface area contributed by atoms with Crippen LogP contribution in [0.2, 0.25) is 0 Å². The molecule has 3 N–H and O–H groups in total. The molecule has 2 aliphatic rings. The van der Waals surface area contributed by atoms with E-state index in [0.29, 0.717) is 22.6 Å². The monoisotopic (exact) mass is 479 g/mol. The van der Waals surface area contributed by atoms with Crippen LogP contribution in [0.15, 0.2) is 33.9 Å². The van der Waals surface area contributed by atoms with Crippen LogP contribution in [-0.4, -0.2) is 32.6 Å². The van der Waals surface area contributed by atoms with E-state index in [-0.39, 0.29) is 24.3 Å². The van der Waals surface area contributed by atoms with E-state index in [1.54, 1.807) is 0 Å². The molecule has 4 atom stereocenters. The van der Waals surface area contributed by atoms with Crippen molar-refractivity contribution in [2.45, 2.75) is 50.4 Å². The first-order valence-electron chi connectivity index (χ1n) is 9.99. The quantitative estimate of drug-likeness (QED) is 0.445. The molecule has 7 nitrogen and oxygen atoms in total. The van der Waals surface area contributed by atoms with Crippen LogP contribution in [0.3, 0.4) is 0 Å². The number of thioether (sulfide) groups is 1. The maximum atomic E-state index is 12.4. The summed E-state index contributed by atoms with van der Waals surface area (Å²) < 4.78 is 8.02. The third kappa shape index (κ3) is 4.88. The molecule has 2 saturated carbocycles. The minimum Gasteiger partial charge on any atom is -0.485 e. The topological polar surface area (TPSA) is 95.1 Å². The number of fused-ring (bicyclic) bond motifs is 2. The molecule has 2 aromatic rings. The second-order valence-electron chi connectivity index (χ2n) is 8.00. The molecule has 2 bridgehead atoms. The van der Waals surface area contributed by atoms with E-state index in [9.17, 15) is 4.79 Å². The maximum Gasteiger partial charge on any atom is 0.230 e. The van der Waals surface area contributed by atoms with Crippen molar-refractivity contribution in [3.8, 4) is 5.75 Å². The van der Waals surface area contributed by atoms with Gasteiger partial charge in [-0.3, -0.25) is 4.79 Å². The van der Waals surface area contributed by atoms with Gasteiger partial charge in [-0.05, 0) is 62.1 Å². The molecule has 9 heteroatoms. The molecule has 2 aliphatic carbocycles. The van der Waals surface area contributed by atoms with Gasteiger partial charge in [0, 0.05) is 10.5 Å². The van der Waals surface area contributed by atoms with Crippen LogP contribution < -0.4 is 15.9 Å². The summed E-state index contributed by atoms with van der Waals surface area (Å²) in [6.07, 6.45) is 5.31. The Balaban J connectivity index is 1.25. The summed E-state index contributed by atoms with van der Waals surface area (Å²) in [5.74, 6) is 9.88. The van der Waals surface area contributed by atoms with Gasteiger partial charge in [-0.25, -0.2) is 4.68 Å². The number of nitrogens with zero attached hydrogens (tertiary/aromatic N) is 3. The molecular formula is C20H26BrN5O2S. The summed E-state index contributed by atoms with van der Waals surface area (Å²) in [5.41, 5.74) is 0. The van der Waals surface area contributed by atoms with Crippen LogP contribution in [0.5, 0.6) is 5.75 Å². The lowest BCUT2D eigenvalue weighted by Gasteiger charge is -2.28. The average molecular weight is 480 g/mol. The highest BCUT2D eigenvalue weighted by atomic mass is 79.9. The minimum absolute atomic E-state index is 0.0141. The molecule has 0 saturated heterocycles. The zero-order valence-corrected chi connectivity index (χ0v) is 18.8. The van der Waals surface area contributed by atoms with Gasteiger partial charge >= 0.3 is 0 Å². The van der Waals surface area contributed by atoms with Gasteiger partial charge in [0.15, 0.2) is 5.82 Å². The summed E-state index contributed by atoms with van der Waals surface area (Å²) >= 11 is 4.70. The van der Waals surface area contributed by atoms with Crippen molar-refractivity contribution in [1.29, 1.82) is 0 Å². The number of rotatable bonds is 8. The number of amides is 1. The number of aromatic nitrogens is 3. The third-order valence-corrected chi connectivity index (χ3v) is 7.49. The van der Waals surface area contributed by atoms with Gasteiger partial charge in [-0.2, -0.15) is 0 Å². The van der Waals surface area contributed by atoms with Crippen LogP contribution in [0.25, 0.3) is 0 Å². The van der Waals surface area contributed by atoms with E-state index in [4.69, 9.17) is 10.6 Å². The van der Waals surface area contributed by atoms with Gasteiger partial charge in [0.25, 0.3) is 0 Å². The molecule has 29 heavy (non-hydrogen) atoms.